The molecule has 6 rings (SSSR count). The van der Waals surface area contributed by atoms with Gasteiger partial charge in [0.2, 0.25) is 5.91 Å². The molecule has 0 bridgehead atoms. The zero-order chi connectivity index (χ0) is 27.1. The highest BCUT2D eigenvalue weighted by molar-refractivity contribution is 5.95. The number of amides is 1. The van der Waals surface area contributed by atoms with Gasteiger partial charge in [-0.1, -0.05) is 0 Å². The van der Waals surface area contributed by atoms with Crippen molar-refractivity contribution in [1.82, 2.24) is 40.0 Å². The molecule has 0 radical (unpaired) electrons. The Balaban J connectivity index is 1.39. The fraction of sp³-hybridized carbons (Fsp3) is 0.111. The zero-order valence-electron chi connectivity index (χ0n) is 20.9. The van der Waals surface area contributed by atoms with E-state index >= 15 is 0 Å². The number of phenolic OH excluding ortho intramolecular Hbond substituents is 1. The molecule has 5 aromatic heterocycles. The van der Waals surface area contributed by atoms with Crippen LogP contribution in [0.5, 0.6) is 5.75 Å². The lowest BCUT2D eigenvalue weighted by molar-refractivity contribution is -0.116. The first-order valence-electron chi connectivity index (χ1n) is 11.9. The van der Waals surface area contributed by atoms with Crippen molar-refractivity contribution in [2.24, 2.45) is 0 Å². The lowest BCUT2D eigenvalue weighted by atomic mass is 10.1. The summed E-state index contributed by atoms with van der Waals surface area (Å²) < 4.78 is 14.0. The zero-order valence-corrected chi connectivity index (χ0v) is 20.9. The second-order valence-electron chi connectivity index (χ2n) is 9.25. The first kappa shape index (κ1) is 24.1. The predicted molar refractivity (Wildman–Crippen MR) is 144 cm³/mol. The minimum Gasteiger partial charge on any atom is -0.508 e. The van der Waals surface area contributed by atoms with Gasteiger partial charge in [-0.2, -0.15) is 5.10 Å². The quantitative estimate of drug-likeness (QED) is 0.256. The van der Waals surface area contributed by atoms with Crippen LogP contribution in [-0.4, -0.2) is 71.7 Å². The number of imidazole rings is 1. The molecule has 194 valence electrons. The van der Waals surface area contributed by atoms with E-state index in [1.165, 1.54) is 12.1 Å². The second-order valence-corrected chi connectivity index (χ2v) is 9.25. The Hall–Kier alpha value is -5.23. The number of carbonyl (C=O) groups is 1. The Morgan fingerprint density at radius 2 is 1.85 bits per heavy atom. The van der Waals surface area contributed by atoms with E-state index in [9.17, 15) is 14.3 Å². The summed E-state index contributed by atoms with van der Waals surface area (Å²) in [6.07, 6.45) is 4.83. The fourth-order valence-corrected chi connectivity index (χ4v) is 4.33. The van der Waals surface area contributed by atoms with E-state index in [2.05, 4.69) is 30.5 Å². The van der Waals surface area contributed by atoms with Crippen molar-refractivity contribution in [1.29, 1.82) is 0 Å². The van der Waals surface area contributed by atoms with E-state index in [1.54, 1.807) is 29.6 Å². The van der Waals surface area contributed by atoms with E-state index in [0.717, 1.165) is 6.07 Å². The Bertz CT molecular complexity index is 1840. The molecule has 1 aromatic carbocycles. The minimum absolute atomic E-state index is 0.147. The van der Waals surface area contributed by atoms with Gasteiger partial charge < -0.3 is 20.3 Å². The minimum atomic E-state index is -0.578. The summed E-state index contributed by atoms with van der Waals surface area (Å²) >= 11 is 0. The van der Waals surface area contributed by atoms with Crippen molar-refractivity contribution in [3.8, 4) is 39.8 Å². The van der Waals surface area contributed by atoms with E-state index in [1.807, 2.05) is 32.3 Å². The number of rotatable bonds is 6. The third kappa shape index (κ3) is 4.76. The van der Waals surface area contributed by atoms with Gasteiger partial charge in [0.1, 0.15) is 22.6 Å². The maximum atomic E-state index is 14.0. The number of benzene rings is 1. The molecule has 5 heterocycles. The Kier molecular flexibility index (Phi) is 5.92. The molecule has 11 nitrogen and oxygen atoms in total. The van der Waals surface area contributed by atoms with Crippen molar-refractivity contribution >= 4 is 33.7 Å². The summed E-state index contributed by atoms with van der Waals surface area (Å²) in [6.45, 7) is 0.252. The molecule has 0 unspecified atom stereocenters. The molecule has 4 N–H and O–H groups in total. The summed E-state index contributed by atoms with van der Waals surface area (Å²) in [5.41, 5.74) is 5.65. The number of hydrogen-bond donors (Lipinski definition) is 4. The number of nitrogens with one attached hydrogen (secondary N) is 3. The van der Waals surface area contributed by atoms with Crippen molar-refractivity contribution in [3.05, 3.63) is 66.9 Å². The van der Waals surface area contributed by atoms with Crippen LogP contribution >= 0.6 is 0 Å². The number of phenols is 1. The lowest BCUT2D eigenvalue weighted by Crippen LogP contribution is -2.27. The molecule has 0 fully saturated rings. The molecule has 6 aromatic rings. The van der Waals surface area contributed by atoms with E-state index in [0.29, 0.717) is 61.8 Å². The van der Waals surface area contributed by atoms with Crippen LogP contribution in [0.15, 0.2) is 61.1 Å². The molecule has 0 saturated carbocycles. The SMILES string of the molecule is CN(C)CC(=O)Nc1cncc(-c2ccc3[nH]nc(-c4nc5c(-c6cc(O)cc(F)c6)nccc5[nH]4)c3n2)c1. The van der Waals surface area contributed by atoms with Crippen LogP contribution in [0, 0.1) is 5.82 Å². The number of nitrogens with zero attached hydrogens (tertiary/aromatic N) is 6. The van der Waals surface area contributed by atoms with Gasteiger partial charge in [0.25, 0.3) is 0 Å². The summed E-state index contributed by atoms with van der Waals surface area (Å²) in [6, 6.07) is 11.0. The number of aromatic amines is 2. The first-order chi connectivity index (χ1) is 18.8. The van der Waals surface area contributed by atoms with Gasteiger partial charge in [-0.3, -0.25) is 19.9 Å². The molecule has 1 amide bonds. The van der Waals surface area contributed by atoms with Gasteiger partial charge in [0.05, 0.1) is 40.9 Å². The summed E-state index contributed by atoms with van der Waals surface area (Å²) in [5, 5.41) is 20.1. The number of anilines is 1. The predicted octanol–water partition coefficient (Wildman–Crippen LogP) is 3.97. The number of fused-ring (bicyclic) bond motifs is 2. The molecule has 0 aliphatic rings. The number of hydrogen-bond acceptors (Lipinski definition) is 8. The Labute approximate surface area is 220 Å². The molecule has 39 heavy (non-hydrogen) atoms. The highest BCUT2D eigenvalue weighted by Crippen LogP contribution is 2.32. The second kappa shape index (κ2) is 9.58. The highest BCUT2D eigenvalue weighted by Gasteiger charge is 2.18. The van der Waals surface area contributed by atoms with Crippen molar-refractivity contribution in [3.63, 3.8) is 0 Å². The molecular formula is C27H22FN9O2. The van der Waals surface area contributed by atoms with Crippen LogP contribution in [0.2, 0.25) is 0 Å². The largest absolute Gasteiger partial charge is 0.508 e. The average molecular weight is 524 g/mol. The molecule has 0 spiro atoms. The summed E-state index contributed by atoms with van der Waals surface area (Å²) in [4.78, 5) is 35.3. The first-order valence-corrected chi connectivity index (χ1v) is 11.9. The number of H-pyrrole nitrogens is 2. The molecular weight excluding hydrogens is 501 g/mol. The van der Waals surface area contributed by atoms with Crippen LogP contribution < -0.4 is 5.32 Å². The van der Waals surface area contributed by atoms with E-state index in [-0.39, 0.29) is 18.2 Å². The van der Waals surface area contributed by atoms with Gasteiger partial charge >= 0.3 is 0 Å². The standard InChI is InChI=1S/C27H22FN9O2/c1-37(2)13-22(39)31-17-8-15(11-29-12-17)19-3-4-21-25(32-19)26(36-35-21)27-33-20-5-6-30-23(24(20)34-27)14-7-16(28)10-18(38)9-14/h3-12,38H,13H2,1-2H3,(H,31,39)(H,33,34)(H,35,36). The maximum absolute atomic E-state index is 14.0. The number of pyridine rings is 3. The molecule has 0 saturated heterocycles. The van der Waals surface area contributed by atoms with Gasteiger partial charge in [0, 0.05) is 29.6 Å². The van der Waals surface area contributed by atoms with E-state index < -0.39 is 5.82 Å². The van der Waals surface area contributed by atoms with Gasteiger partial charge in [-0.15, -0.1) is 0 Å². The third-order valence-corrected chi connectivity index (χ3v) is 5.97. The topological polar surface area (TPSA) is 149 Å². The number of aromatic nitrogens is 7. The highest BCUT2D eigenvalue weighted by atomic mass is 19.1. The van der Waals surface area contributed by atoms with Gasteiger partial charge in [-0.05, 0) is 50.5 Å². The van der Waals surface area contributed by atoms with Crippen LogP contribution in [-0.2, 0) is 4.79 Å². The number of carbonyl (C=O) groups excluding carboxylic acids is 1. The number of aromatic hydroxyl groups is 1. The molecule has 0 aliphatic heterocycles. The van der Waals surface area contributed by atoms with Crippen molar-refractivity contribution in [2.45, 2.75) is 0 Å². The van der Waals surface area contributed by atoms with E-state index in [4.69, 9.17) is 9.97 Å². The number of likely N-dealkylation sites (N-methyl/N-ethyl adjacent to an activating group) is 1. The average Bonchev–Trinajstić information content (AvgIpc) is 3.51. The Morgan fingerprint density at radius 1 is 1.00 bits per heavy atom. The van der Waals surface area contributed by atoms with Crippen LogP contribution in [0.4, 0.5) is 10.1 Å². The summed E-state index contributed by atoms with van der Waals surface area (Å²) in [7, 11) is 3.64. The fourth-order valence-electron chi connectivity index (χ4n) is 4.33. The summed E-state index contributed by atoms with van der Waals surface area (Å²) in [5.74, 6) is -0.485. The van der Waals surface area contributed by atoms with Crippen molar-refractivity contribution in [2.75, 3.05) is 26.0 Å². The lowest BCUT2D eigenvalue weighted by Gasteiger charge is -2.10. The van der Waals surface area contributed by atoms with Crippen LogP contribution in [0.25, 0.3) is 56.1 Å². The smallest absolute Gasteiger partial charge is 0.238 e. The van der Waals surface area contributed by atoms with Crippen molar-refractivity contribution < 1.29 is 14.3 Å². The number of halogens is 1. The van der Waals surface area contributed by atoms with Crippen LogP contribution in [0.3, 0.4) is 0 Å². The monoisotopic (exact) mass is 523 g/mol. The normalized spacial score (nSPS) is 11.5. The van der Waals surface area contributed by atoms with Crippen LogP contribution in [0.1, 0.15) is 0 Å². The molecule has 0 aliphatic carbocycles. The third-order valence-electron chi connectivity index (χ3n) is 5.97. The van der Waals surface area contributed by atoms with Gasteiger partial charge in [0.15, 0.2) is 11.5 Å². The molecule has 12 heteroatoms. The Morgan fingerprint density at radius 3 is 2.67 bits per heavy atom. The van der Waals surface area contributed by atoms with Gasteiger partial charge in [-0.25, -0.2) is 14.4 Å². The molecule has 0 atom stereocenters. The maximum Gasteiger partial charge on any atom is 0.238 e.